The number of benzene rings is 1. The van der Waals surface area contributed by atoms with Gasteiger partial charge in [0.2, 0.25) is 0 Å². The van der Waals surface area contributed by atoms with Gasteiger partial charge in [-0.2, -0.15) is 5.26 Å². The van der Waals surface area contributed by atoms with Gasteiger partial charge in [0.15, 0.2) is 0 Å². The number of nitrogens with two attached hydrogens (primary N) is 1. The number of hydrogen-bond donors (Lipinski definition) is 2. The van der Waals surface area contributed by atoms with Crippen LogP contribution in [0.3, 0.4) is 0 Å². The molecule has 1 aliphatic heterocycles. The Bertz CT molecular complexity index is 420. The molecule has 0 spiro atoms. The average Bonchev–Trinajstić information content (AvgIpc) is 2.28. The number of fused-ring (bicyclic) bond motifs is 1. The van der Waals surface area contributed by atoms with Gasteiger partial charge in [-0.3, -0.25) is 0 Å². The Balaban J connectivity index is 2.32. The minimum Gasteiger partial charge on any atom is -0.382 e. The molecule has 4 nitrogen and oxygen atoms in total. The van der Waals surface area contributed by atoms with Gasteiger partial charge in [-0.05, 0) is 25.1 Å². The van der Waals surface area contributed by atoms with Crippen molar-refractivity contribution in [2.45, 2.75) is 13.0 Å². The second-order valence-electron chi connectivity index (χ2n) is 4.19. The predicted molar refractivity (Wildman–Crippen MR) is 65.5 cm³/mol. The first-order chi connectivity index (χ1) is 7.70. The van der Waals surface area contributed by atoms with E-state index in [0.29, 0.717) is 5.56 Å². The Hall–Kier alpha value is -1.73. The normalized spacial score (nSPS) is 15.9. The summed E-state index contributed by atoms with van der Waals surface area (Å²) < 4.78 is 0. The lowest BCUT2D eigenvalue weighted by Crippen LogP contribution is -2.41. The first-order valence-electron chi connectivity index (χ1n) is 5.49. The molecule has 1 aromatic rings. The van der Waals surface area contributed by atoms with Crippen LogP contribution in [0.5, 0.6) is 0 Å². The molecule has 1 aliphatic rings. The number of nitrogens with one attached hydrogen (secondary N) is 1. The maximum absolute atomic E-state index is 8.89. The molecule has 16 heavy (non-hydrogen) atoms. The Morgan fingerprint density at radius 3 is 3.12 bits per heavy atom. The highest BCUT2D eigenvalue weighted by atomic mass is 15.2. The lowest BCUT2D eigenvalue weighted by molar-refractivity contribution is 0.675. The third-order valence-corrected chi connectivity index (χ3v) is 2.67. The van der Waals surface area contributed by atoms with E-state index in [2.05, 4.69) is 16.3 Å². The van der Waals surface area contributed by atoms with Gasteiger partial charge >= 0.3 is 0 Å². The zero-order valence-electron chi connectivity index (χ0n) is 9.40. The maximum atomic E-state index is 8.89. The molecule has 1 heterocycles. The fraction of sp³-hybridized carbons (Fsp3) is 0.417. The molecule has 0 fully saturated rings. The summed E-state index contributed by atoms with van der Waals surface area (Å²) in [4.78, 5) is 2.23. The third kappa shape index (κ3) is 2.10. The van der Waals surface area contributed by atoms with Crippen LogP contribution in [-0.2, 0) is 0 Å². The number of nitrogens with zero attached hydrogens (tertiary/aromatic N) is 2. The molecule has 0 saturated carbocycles. The summed E-state index contributed by atoms with van der Waals surface area (Å²) in [6.07, 6.45) is 0. The quantitative estimate of drug-likeness (QED) is 0.778. The van der Waals surface area contributed by atoms with Crippen LogP contribution < -0.4 is 16.0 Å². The molecule has 0 aromatic heterocycles. The summed E-state index contributed by atoms with van der Waals surface area (Å²) in [5.74, 6) is 0. The topological polar surface area (TPSA) is 65.1 Å². The second-order valence-corrected chi connectivity index (χ2v) is 4.19. The van der Waals surface area contributed by atoms with E-state index >= 15 is 0 Å². The van der Waals surface area contributed by atoms with Gasteiger partial charge in [-0.1, -0.05) is 0 Å². The number of hydrogen-bond acceptors (Lipinski definition) is 4. The van der Waals surface area contributed by atoms with Crippen molar-refractivity contribution in [2.24, 2.45) is 5.73 Å². The summed E-state index contributed by atoms with van der Waals surface area (Å²) in [7, 11) is 0. The molecule has 4 heteroatoms. The van der Waals surface area contributed by atoms with Crippen molar-refractivity contribution in [1.29, 1.82) is 5.26 Å². The van der Waals surface area contributed by atoms with Crippen molar-refractivity contribution in [1.82, 2.24) is 0 Å². The predicted octanol–water partition coefficient (Wildman–Crippen LogP) is 1.14. The van der Waals surface area contributed by atoms with Gasteiger partial charge < -0.3 is 16.0 Å². The van der Waals surface area contributed by atoms with Crippen LogP contribution in [0.25, 0.3) is 0 Å². The number of rotatable bonds is 2. The van der Waals surface area contributed by atoms with E-state index < -0.39 is 0 Å². The Labute approximate surface area is 95.7 Å². The van der Waals surface area contributed by atoms with E-state index in [0.717, 1.165) is 31.0 Å². The largest absolute Gasteiger partial charge is 0.382 e. The lowest BCUT2D eigenvalue weighted by Gasteiger charge is -2.33. The fourth-order valence-corrected chi connectivity index (χ4v) is 2.00. The molecule has 0 radical (unpaired) electrons. The fourth-order valence-electron chi connectivity index (χ4n) is 2.00. The maximum Gasteiger partial charge on any atom is 0.0992 e. The van der Waals surface area contributed by atoms with Crippen LogP contribution in [-0.4, -0.2) is 25.7 Å². The van der Waals surface area contributed by atoms with Crippen LogP contribution in [0.2, 0.25) is 0 Å². The highest BCUT2D eigenvalue weighted by Crippen LogP contribution is 2.29. The molecule has 0 aliphatic carbocycles. The van der Waals surface area contributed by atoms with Crippen molar-refractivity contribution >= 4 is 11.4 Å². The van der Waals surface area contributed by atoms with E-state index in [-0.39, 0.29) is 6.04 Å². The zero-order chi connectivity index (χ0) is 11.5. The van der Waals surface area contributed by atoms with Gasteiger partial charge in [0.1, 0.15) is 0 Å². The summed E-state index contributed by atoms with van der Waals surface area (Å²) in [5, 5.41) is 12.2. The monoisotopic (exact) mass is 216 g/mol. The van der Waals surface area contributed by atoms with Crippen LogP contribution in [0.1, 0.15) is 12.5 Å². The van der Waals surface area contributed by atoms with Crippen LogP contribution >= 0.6 is 0 Å². The number of anilines is 2. The summed E-state index contributed by atoms with van der Waals surface area (Å²) in [6.45, 7) is 4.68. The van der Waals surface area contributed by atoms with E-state index in [1.54, 1.807) is 0 Å². The zero-order valence-corrected chi connectivity index (χ0v) is 9.40. The minimum absolute atomic E-state index is 0.136. The molecule has 3 N–H and O–H groups in total. The van der Waals surface area contributed by atoms with Crippen molar-refractivity contribution in [3.63, 3.8) is 0 Å². The molecule has 1 atom stereocenters. The SMILES string of the molecule is CC(N)CN1CCNc2ccc(C#N)cc21. The van der Waals surface area contributed by atoms with E-state index in [1.165, 1.54) is 0 Å². The standard InChI is InChI=1S/C12H16N4/c1-9(14)8-16-5-4-15-11-3-2-10(7-13)6-12(11)16/h2-3,6,9,15H,4-5,8,14H2,1H3. The molecule has 0 amide bonds. The molecule has 1 unspecified atom stereocenters. The summed E-state index contributed by atoms with van der Waals surface area (Å²) in [6, 6.07) is 8.02. The third-order valence-electron chi connectivity index (χ3n) is 2.67. The first kappa shape index (κ1) is 10.8. The Kier molecular flexibility index (Phi) is 2.97. The Morgan fingerprint density at radius 2 is 2.44 bits per heavy atom. The molecule has 84 valence electrons. The summed E-state index contributed by atoms with van der Waals surface area (Å²) >= 11 is 0. The molecular weight excluding hydrogens is 200 g/mol. The van der Waals surface area contributed by atoms with E-state index in [4.69, 9.17) is 11.0 Å². The number of nitriles is 1. The molecule has 0 bridgehead atoms. The van der Waals surface area contributed by atoms with Crippen LogP contribution in [0.15, 0.2) is 18.2 Å². The molecule has 0 saturated heterocycles. The first-order valence-corrected chi connectivity index (χ1v) is 5.49. The smallest absolute Gasteiger partial charge is 0.0992 e. The molecule has 1 aromatic carbocycles. The highest BCUT2D eigenvalue weighted by molar-refractivity contribution is 5.73. The summed E-state index contributed by atoms with van der Waals surface area (Å²) in [5.41, 5.74) is 8.69. The highest BCUT2D eigenvalue weighted by Gasteiger charge is 2.17. The van der Waals surface area contributed by atoms with Crippen molar-refractivity contribution in [3.8, 4) is 6.07 Å². The second kappa shape index (κ2) is 4.42. The van der Waals surface area contributed by atoms with Gasteiger partial charge in [0.05, 0.1) is 23.0 Å². The van der Waals surface area contributed by atoms with E-state index in [9.17, 15) is 0 Å². The van der Waals surface area contributed by atoms with Crippen molar-refractivity contribution in [2.75, 3.05) is 29.9 Å². The molecule has 2 rings (SSSR count). The average molecular weight is 216 g/mol. The minimum atomic E-state index is 0.136. The van der Waals surface area contributed by atoms with Crippen LogP contribution in [0, 0.1) is 11.3 Å². The van der Waals surface area contributed by atoms with Gasteiger partial charge in [0.25, 0.3) is 0 Å². The van der Waals surface area contributed by atoms with Gasteiger partial charge in [0, 0.05) is 25.7 Å². The van der Waals surface area contributed by atoms with Crippen molar-refractivity contribution in [3.05, 3.63) is 23.8 Å². The van der Waals surface area contributed by atoms with Gasteiger partial charge in [-0.15, -0.1) is 0 Å². The molecular formula is C12H16N4. The van der Waals surface area contributed by atoms with Crippen molar-refractivity contribution < 1.29 is 0 Å². The van der Waals surface area contributed by atoms with Gasteiger partial charge in [-0.25, -0.2) is 0 Å². The Morgan fingerprint density at radius 1 is 1.62 bits per heavy atom. The van der Waals surface area contributed by atoms with Crippen LogP contribution in [0.4, 0.5) is 11.4 Å². The lowest BCUT2D eigenvalue weighted by atomic mass is 10.1. The van der Waals surface area contributed by atoms with E-state index in [1.807, 2.05) is 25.1 Å².